The van der Waals surface area contributed by atoms with Crippen molar-refractivity contribution in [1.29, 1.82) is 0 Å². The maximum Gasteiger partial charge on any atom is 0.185 e. The summed E-state index contributed by atoms with van der Waals surface area (Å²) < 4.78 is 0. The lowest BCUT2D eigenvalue weighted by molar-refractivity contribution is 0.731. The molecule has 1 heterocycles. The number of anilines is 1. The van der Waals surface area contributed by atoms with Crippen LogP contribution in [0.2, 0.25) is 0 Å². The minimum atomic E-state index is 0.897. The maximum atomic E-state index is 4.66. The second-order valence-corrected chi connectivity index (χ2v) is 5.69. The summed E-state index contributed by atoms with van der Waals surface area (Å²) in [6.07, 6.45) is 0. The molecule has 4 heteroatoms. The predicted octanol–water partition coefficient (Wildman–Crippen LogP) is 3.20. The van der Waals surface area contributed by atoms with Crippen molar-refractivity contribution in [3.63, 3.8) is 0 Å². The molecule has 0 saturated carbocycles. The highest BCUT2D eigenvalue weighted by molar-refractivity contribution is 7.15. The third kappa shape index (κ3) is 3.78. The van der Waals surface area contributed by atoms with Gasteiger partial charge in [-0.05, 0) is 19.0 Å². The second-order valence-electron chi connectivity index (χ2n) is 4.63. The summed E-state index contributed by atoms with van der Waals surface area (Å²) in [6, 6.07) is 10.5. The fourth-order valence-electron chi connectivity index (χ4n) is 1.90. The first-order valence-electron chi connectivity index (χ1n) is 6.62. The number of rotatable bonds is 6. The molecule has 1 N–H and O–H groups in total. The van der Waals surface area contributed by atoms with Gasteiger partial charge in [0.25, 0.3) is 0 Å². The number of aryl methyl sites for hydroxylation is 1. The van der Waals surface area contributed by atoms with Gasteiger partial charge in [0.2, 0.25) is 0 Å². The van der Waals surface area contributed by atoms with Crippen LogP contribution < -0.4 is 10.2 Å². The van der Waals surface area contributed by atoms with Crippen LogP contribution in [0.3, 0.4) is 0 Å². The molecule has 3 nitrogen and oxygen atoms in total. The molecule has 0 bridgehead atoms. The smallest absolute Gasteiger partial charge is 0.185 e. The molecule has 0 aliphatic carbocycles. The number of nitrogens with zero attached hydrogens (tertiary/aromatic N) is 2. The molecule has 0 unspecified atom stereocenters. The van der Waals surface area contributed by atoms with Crippen LogP contribution in [-0.4, -0.2) is 18.6 Å². The minimum Gasteiger partial charge on any atom is -0.347 e. The van der Waals surface area contributed by atoms with Gasteiger partial charge in [0, 0.05) is 25.0 Å². The summed E-state index contributed by atoms with van der Waals surface area (Å²) >= 11 is 1.78. The fourth-order valence-corrected chi connectivity index (χ4v) is 2.89. The number of aromatic nitrogens is 1. The number of nitrogens with one attached hydrogen (secondary N) is 1. The van der Waals surface area contributed by atoms with Crippen LogP contribution >= 0.6 is 11.3 Å². The Bertz CT molecular complexity index is 507. The molecule has 1 aromatic heterocycles. The zero-order valence-electron chi connectivity index (χ0n) is 11.8. The van der Waals surface area contributed by atoms with Crippen molar-refractivity contribution in [2.24, 2.45) is 0 Å². The van der Waals surface area contributed by atoms with E-state index in [2.05, 4.69) is 60.4 Å². The van der Waals surface area contributed by atoms with Crippen molar-refractivity contribution < 1.29 is 0 Å². The van der Waals surface area contributed by atoms with E-state index in [1.165, 1.54) is 10.4 Å². The Labute approximate surface area is 119 Å². The van der Waals surface area contributed by atoms with Crippen LogP contribution in [0.1, 0.15) is 23.1 Å². The standard InChI is InChI=1S/C15H21N3S/c1-4-16-10-14-12(2)17-15(19-14)18(3)11-13-8-6-5-7-9-13/h5-9,16H,4,10-11H2,1-3H3. The molecule has 0 atom stereocenters. The third-order valence-electron chi connectivity index (χ3n) is 3.01. The van der Waals surface area contributed by atoms with Crippen molar-refractivity contribution in [3.8, 4) is 0 Å². The first kappa shape index (κ1) is 14.0. The summed E-state index contributed by atoms with van der Waals surface area (Å²) in [5, 5.41) is 4.45. The quantitative estimate of drug-likeness (QED) is 0.877. The molecular weight excluding hydrogens is 254 g/mol. The van der Waals surface area contributed by atoms with Gasteiger partial charge in [0.1, 0.15) is 0 Å². The van der Waals surface area contributed by atoms with Crippen LogP contribution in [0, 0.1) is 6.92 Å². The third-order valence-corrected chi connectivity index (χ3v) is 4.28. The Kier molecular flexibility index (Phi) is 4.93. The number of hydrogen-bond donors (Lipinski definition) is 1. The van der Waals surface area contributed by atoms with E-state index in [0.29, 0.717) is 0 Å². The summed E-state index contributed by atoms with van der Waals surface area (Å²) in [6.45, 7) is 7.02. The minimum absolute atomic E-state index is 0.897. The number of benzene rings is 1. The highest BCUT2D eigenvalue weighted by atomic mass is 32.1. The van der Waals surface area contributed by atoms with Gasteiger partial charge in [-0.15, -0.1) is 11.3 Å². The molecule has 0 radical (unpaired) electrons. The Morgan fingerprint density at radius 2 is 2.00 bits per heavy atom. The van der Waals surface area contributed by atoms with Crippen LogP contribution in [0.5, 0.6) is 0 Å². The molecule has 2 aromatic rings. The Morgan fingerprint density at radius 1 is 1.26 bits per heavy atom. The molecule has 102 valence electrons. The first-order chi connectivity index (χ1) is 9.20. The van der Waals surface area contributed by atoms with Gasteiger partial charge >= 0.3 is 0 Å². The Hall–Kier alpha value is -1.39. The van der Waals surface area contributed by atoms with Gasteiger partial charge in [-0.25, -0.2) is 4.98 Å². The highest BCUT2D eigenvalue weighted by Gasteiger charge is 2.11. The van der Waals surface area contributed by atoms with E-state index in [-0.39, 0.29) is 0 Å². The van der Waals surface area contributed by atoms with Gasteiger partial charge in [-0.2, -0.15) is 0 Å². The topological polar surface area (TPSA) is 28.2 Å². The molecule has 0 aliphatic rings. The van der Waals surface area contributed by atoms with E-state index < -0.39 is 0 Å². The molecule has 0 aliphatic heterocycles. The molecule has 0 spiro atoms. The van der Waals surface area contributed by atoms with Crippen molar-refractivity contribution in [2.45, 2.75) is 26.9 Å². The van der Waals surface area contributed by atoms with Gasteiger partial charge in [0.05, 0.1) is 5.69 Å². The number of thiazole rings is 1. The summed E-state index contributed by atoms with van der Waals surface area (Å²) in [4.78, 5) is 8.21. The molecular formula is C15H21N3S. The maximum absolute atomic E-state index is 4.66. The highest BCUT2D eigenvalue weighted by Crippen LogP contribution is 2.26. The van der Waals surface area contributed by atoms with Crippen LogP contribution in [0.15, 0.2) is 30.3 Å². The van der Waals surface area contributed by atoms with E-state index in [1.54, 1.807) is 11.3 Å². The van der Waals surface area contributed by atoms with Crippen molar-refractivity contribution in [3.05, 3.63) is 46.5 Å². The average Bonchev–Trinajstić information content (AvgIpc) is 2.79. The Balaban J connectivity index is 2.05. The van der Waals surface area contributed by atoms with Crippen molar-refractivity contribution in [2.75, 3.05) is 18.5 Å². The lowest BCUT2D eigenvalue weighted by atomic mass is 10.2. The average molecular weight is 275 g/mol. The van der Waals surface area contributed by atoms with E-state index in [9.17, 15) is 0 Å². The second kappa shape index (κ2) is 6.68. The van der Waals surface area contributed by atoms with Crippen molar-refractivity contribution in [1.82, 2.24) is 10.3 Å². The molecule has 1 aromatic carbocycles. The first-order valence-corrected chi connectivity index (χ1v) is 7.44. The number of hydrogen-bond acceptors (Lipinski definition) is 4. The van der Waals surface area contributed by atoms with Gasteiger partial charge in [-0.3, -0.25) is 0 Å². The molecule has 0 saturated heterocycles. The lowest BCUT2D eigenvalue weighted by Gasteiger charge is -2.15. The molecule has 2 rings (SSSR count). The SMILES string of the molecule is CCNCc1sc(N(C)Cc2ccccc2)nc1C. The summed E-state index contributed by atoms with van der Waals surface area (Å²) in [5.41, 5.74) is 2.45. The van der Waals surface area contributed by atoms with Crippen LogP contribution in [-0.2, 0) is 13.1 Å². The molecule has 0 fully saturated rings. The predicted molar refractivity (Wildman–Crippen MR) is 82.8 cm³/mol. The monoisotopic (exact) mass is 275 g/mol. The van der Waals surface area contributed by atoms with E-state index in [1.807, 2.05) is 6.07 Å². The van der Waals surface area contributed by atoms with Crippen LogP contribution in [0.25, 0.3) is 0 Å². The zero-order valence-corrected chi connectivity index (χ0v) is 12.6. The van der Waals surface area contributed by atoms with Gasteiger partial charge in [-0.1, -0.05) is 37.3 Å². The fraction of sp³-hybridized carbons (Fsp3) is 0.400. The van der Waals surface area contributed by atoms with E-state index >= 15 is 0 Å². The molecule has 19 heavy (non-hydrogen) atoms. The lowest BCUT2D eigenvalue weighted by Crippen LogP contribution is -2.15. The molecule has 0 amide bonds. The summed E-state index contributed by atoms with van der Waals surface area (Å²) in [5.74, 6) is 0. The van der Waals surface area contributed by atoms with E-state index in [4.69, 9.17) is 0 Å². The Morgan fingerprint density at radius 3 is 2.68 bits per heavy atom. The normalized spacial score (nSPS) is 10.7. The largest absolute Gasteiger partial charge is 0.347 e. The van der Waals surface area contributed by atoms with Gasteiger partial charge < -0.3 is 10.2 Å². The van der Waals surface area contributed by atoms with Crippen LogP contribution in [0.4, 0.5) is 5.13 Å². The zero-order chi connectivity index (χ0) is 13.7. The summed E-state index contributed by atoms with van der Waals surface area (Å²) in [7, 11) is 2.10. The van der Waals surface area contributed by atoms with E-state index in [0.717, 1.165) is 30.5 Å². The van der Waals surface area contributed by atoms with Crippen molar-refractivity contribution >= 4 is 16.5 Å². The van der Waals surface area contributed by atoms with Gasteiger partial charge in [0.15, 0.2) is 5.13 Å².